The fourth-order valence-electron chi connectivity index (χ4n) is 3.24. The Morgan fingerprint density at radius 3 is 2.32 bits per heavy atom. The van der Waals surface area contributed by atoms with Crippen molar-refractivity contribution in [2.24, 2.45) is 0 Å². The fraction of sp³-hybridized carbons (Fsp3) is 0.632. The minimum atomic E-state index is -0.638. The van der Waals surface area contributed by atoms with Crippen molar-refractivity contribution in [3.63, 3.8) is 0 Å². The van der Waals surface area contributed by atoms with Crippen LogP contribution >= 0.6 is 0 Å². The second kappa shape index (κ2) is 9.39. The van der Waals surface area contributed by atoms with Crippen molar-refractivity contribution < 1.29 is 19.1 Å². The Morgan fingerprint density at radius 2 is 1.76 bits per heavy atom. The molecule has 1 aromatic heterocycles. The summed E-state index contributed by atoms with van der Waals surface area (Å²) in [5.74, 6) is -1.28. The average Bonchev–Trinajstić information content (AvgIpc) is 2.97. The Balaban J connectivity index is 2.21. The highest BCUT2D eigenvalue weighted by atomic mass is 16.6. The zero-order chi connectivity index (χ0) is 18.2. The molecule has 0 aromatic carbocycles. The molecule has 0 bridgehead atoms. The van der Waals surface area contributed by atoms with Crippen molar-refractivity contribution in [2.75, 3.05) is 13.2 Å². The van der Waals surface area contributed by atoms with Crippen molar-refractivity contribution in [3.05, 3.63) is 29.1 Å². The zero-order valence-electron chi connectivity index (χ0n) is 15.4. The lowest BCUT2D eigenvalue weighted by Gasteiger charge is -2.23. The van der Waals surface area contributed by atoms with Crippen molar-refractivity contribution >= 4 is 11.9 Å². The summed E-state index contributed by atoms with van der Waals surface area (Å²) in [7, 11) is 0. The van der Waals surface area contributed by atoms with Gasteiger partial charge in [-0.15, -0.1) is 0 Å². The van der Waals surface area contributed by atoms with E-state index in [1.807, 2.05) is 13.0 Å². The van der Waals surface area contributed by atoms with Gasteiger partial charge in [-0.25, -0.2) is 9.59 Å². The molecule has 0 unspecified atom stereocenters. The number of ether oxygens (including phenoxy) is 2. The minimum absolute atomic E-state index is 0.0438. The standard InChI is InChI=1S/C19H28N2O4/c1-4-24-18(22)17(19(23)25-5-2)12-11-16-13-14(3)20-21(16)15-9-7-6-8-10-15/h12-13,15H,4-11H2,1-3H3. The normalized spacial score (nSPS) is 14.8. The van der Waals surface area contributed by atoms with Gasteiger partial charge in [0.25, 0.3) is 0 Å². The van der Waals surface area contributed by atoms with E-state index in [0.717, 1.165) is 24.2 Å². The van der Waals surface area contributed by atoms with Crippen LogP contribution in [0.5, 0.6) is 0 Å². The molecule has 1 fully saturated rings. The Bertz CT molecular complexity index is 607. The molecule has 1 saturated carbocycles. The predicted octanol–water partition coefficient (Wildman–Crippen LogP) is 3.29. The predicted molar refractivity (Wildman–Crippen MR) is 94.1 cm³/mol. The first-order chi connectivity index (χ1) is 12.1. The molecule has 0 radical (unpaired) electrons. The first-order valence-electron chi connectivity index (χ1n) is 9.16. The van der Waals surface area contributed by atoms with Crippen LogP contribution in [0.2, 0.25) is 0 Å². The number of esters is 2. The van der Waals surface area contributed by atoms with Crippen LogP contribution in [0.15, 0.2) is 17.7 Å². The van der Waals surface area contributed by atoms with E-state index in [2.05, 4.69) is 9.78 Å². The molecule has 6 nitrogen and oxygen atoms in total. The molecule has 0 amide bonds. The summed E-state index contributed by atoms with van der Waals surface area (Å²) < 4.78 is 12.0. The number of carbonyl (C=O) groups excluding carboxylic acids is 2. The van der Waals surface area contributed by atoms with Gasteiger partial charge >= 0.3 is 11.9 Å². The van der Waals surface area contributed by atoms with Crippen molar-refractivity contribution in [1.82, 2.24) is 9.78 Å². The van der Waals surface area contributed by atoms with Gasteiger partial charge in [0.05, 0.1) is 24.9 Å². The number of rotatable bonds is 7. The lowest BCUT2D eigenvalue weighted by atomic mass is 9.95. The van der Waals surface area contributed by atoms with Crippen LogP contribution in [0.3, 0.4) is 0 Å². The molecule has 6 heteroatoms. The van der Waals surface area contributed by atoms with Gasteiger partial charge in [0.15, 0.2) is 0 Å². The van der Waals surface area contributed by atoms with Crippen LogP contribution < -0.4 is 0 Å². The van der Waals surface area contributed by atoms with Crippen LogP contribution in [-0.4, -0.2) is 34.9 Å². The van der Waals surface area contributed by atoms with Gasteiger partial charge in [-0.3, -0.25) is 4.68 Å². The van der Waals surface area contributed by atoms with Crippen LogP contribution in [0, 0.1) is 6.92 Å². The lowest BCUT2D eigenvalue weighted by Crippen LogP contribution is -2.19. The molecule has 1 aliphatic carbocycles. The second-order valence-electron chi connectivity index (χ2n) is 6.28. The molecule has 138 valence electrons. The molecular weight excluding hydrogens is 320 g/mol. The topological polar surface area (TPSA) is 70.4 Å². The summed E-state index contributed by atoms with van der Waals surface area (Å²) in [5, 5.41) is 4.63. The molecule has 1 heterocycles. The molecule has 1 aliphatic rings. The Labute approximate surface area is 149 Å². The Morgan fingerprint density at radius 1 is 1.16 bits per heavy atom. The second-order valence-corrected chi connectivity index (χ2v) is 6.28. The van der Waals surface area contributed by atoms with Crippen LogP contribution in [0.4, 0.5) is 0 Å². The maximum atomic E-state index is 12.1. The van der Waals surface area contributed by atoms with Gasteiger partial charge in [0.2, 0.25) is 0 Å². The highest BCUT2D eigenvalue weighted by Crippen LogP contribution is 2.29. The molecule has 2 rings (SSSR count). The highest BCUT2D eigenvalue weighted by molar-refractivity contribution is 6.14. The molecule has 25 heavy (non-hydrogen) atoms. The van der Waals surface area contributed by atoms with Crippen LogP contribution in [0.1, 0.15) is 63.4 Å². The fourth-order valence-corrected chi connectivity index (χ4v) is 3.24. The molecular formula is C19H28N2O4. The van der Waals surface area contributed by atoms with E-state index < -0.39 is 11.9 Å². The van der Waals surface area contributed by atoms with Gasteiger partial charge in [-0.2, -0.15) is 5.10 Å². The average molecular weight is 348 g/mol. The number of nitrogens with zero attached hydrogens (tertiary/aromatic N) is 2. The molecule has 0 saturated heterocycles. The number of carbonyl (C=O) groups is 2. The largest absolute Gasteiger partial charge is 0.462 e. The number of hydrogen-bond acceptors (Lipinski definition) is 5. The van der Waals surface area contributed by atoms with Crippen molar-refractivity contribution in [2.45, 2.75) is 65.3 Å². The Hall–Kier alpha value is -2.11. The van der Waals surface area contributed by atoms with Crippen LogP contribution in [0.25, 0.3) is 0 Å². The quantitative estimate of drug-likeness (QED) is 0.327. The molecule has 0 spiro atoms. The van der Waals surface area contributed by atoms with E-state index >= 15 is 0 Å². The minimum Gasteiger partial charge on any atom is -0.462 e. The van der Waals surface area contributed by atoms with E-state index in [4.69, 9.17) is 9.47 Å². The van der Waals surface area contributed by atoms with Gasteiger partial charge in [0.1, 0.15) is 5.57 Å². The monoisotopic (exact) mass is 348 g/mol. The summed E-state index contributed by atoms with van der Waals surface area (Å²) in [6, 6.07) is 2.42. The Kier molecular flexibility index (Phi) is 7.22. The van der Waals surface area contributed by atoms with E-state index in [-0.39, 0.29) is 18.8 Å². The van der Waals surface area contributed by atoms with Crippen molar-refractivity contribution in [1.29, 1.82) is 0 Å². The number of aromatic nitrogens is 2. The third-order valence-corrected chi connectivity index (χ3v) is 4.36. The summed E-state index contributed by atoms with van der Waals surface area (Å²) in [4.78, 5) is 24.1. The van der Waals surface area contributed by atoms with E-state index in [1.165, 1.54) is 19.3 Å². The van der Waals surface area contributed by atoms with Gasteiger partial charge in [-0.05, 0) is 39.7 Å². The van der Waals surface area contributed by atoms with Crippen LogP contribution in [-0.2, 0) is 25.5 Å². The van der Waals surface area contributed by atoms with E-state index in [0.29, 0.717) is 12.5 Å². The number of allylic oxidation sites excluding steroid dienone is 1. The lowest BCUT2D eigenvalue weighted by molar-refractivity contribution is -0.146. The number of hydrogen-bond donors (Lipinski definition) is 0. The number of aryl methyl sites for hydroxylation is 1. The molecule has 0 N–H and O–H groups in total. The summed E-state index contributed by atoms with van der Waals surface area (Å²) in [6.45, 7) is 5.82. The maximum Gasteiger partial charge on any atom is 0.345 e. The first kappa shape index (κ1) is 19.2. The molecule has 0 aliphatic heterocycles. The van der Waals surface area contributed by atoms with Gasteiger partial charge in [-0.1, -0.05) is 25.3 Å². The van der Waals surface area contributed by atoms with E-state index in [9.17, 15) is 9.59 Å². The van der Waals surface area contributed by atoms with E-state index in [1.54, 1.807) is 19.9 Å². The summed E-state index contributed by atoms with van der Waals surface area (Å²) in [5.41, 5.74) is 1.91. The zero-order valence-corrected chi connectivity index (χ0v) is 15.4. The molecule has 0 atom stereocenters. The third-order valence-electron chi connectivity index (χ3n) is 4.36. The first-order valence-corrected chi connectivity index (χ1v) is 9.16. The summed E-state index contributed by atoms with van der Waals surface area (Å²) in [6.07, 6.45) is 8.02. The van der Waals surface area contributed by atoms with Gasteiger partial charge < -0.3 is 9.47 Å². The third kappa shape index (κ3) is 5.18. The maximum absolute atomic E-state index is 12.1. The smallest absolute Gasteiger partial charge is 0.345 e. The SMILES string of the molecule is CCOC(=O)C(=CCc1cc(C)nn1C1CCCCC1)C(=O)OCC. The highest BCUT2D eigenvalue weighted by Gasteiger charge is 2.22. The van der Waals surface area contributed by atoms with Crippen molar-refractivity contribution in [3.8, 4) is 0 Å². The molecule has 1 aromatic rings. The summed E-state index contributed by atoms with van der Waals surface area (Å²) >= 11 is 0. The van der Waals surface area contributed by atoms with Gasteiger partial charge in [0, 0.05) is 12.1 Å².